The van der Waals surface area contributed by atoms with Crippen LogP contribution in [-0.4, -0.2) is 42.5 Å². The van der Waals surface area contributed by atoms with Crippen molar-refractivity contribution in [1.82, 2.24) is 10.2 Å². The minimum absolute atomic E-state index is 0.0278. The molecule has 0 aromatic heterocycles. The molecule has 1 saturated heterocycles. The van der Waals surface area contributed by atoms with E-state index in [9.17, 15) is 22.8 Å². The molecule has 154 valence electrons. The SMILES string of the molecule is O=C(NCC1CCN(C(=O)C(F)(F)F)CC1)c1cccc(Oc2ccccc2)c1. The zero-order chi connectivity index (χ0) is 20.9. The van der Waals surface area contributed by atoms with Gasteiger partial charge in [-0.05, 0) is 49.1 Å². The van der Waals surface area contributed by atoms with Crippen LogP contribution in [0.5, 0.6) is 11.5 Å². The average molecular weight is 406 g/mol. The first-order valence-corrected chi connectivity index (χ1v) is 9.30. The van der Waals surface area contributed by atoms with Crippen molar-refractivity contribution in [3.05, 3.63) is 60.2 Å². The molecule has 2 aromatic rings. The average Bonchev–Trinajstić information content (AvgIpc) is 2.72. The number of piperidine rings is 1. The van der Waals surface area contributed by atoms with Crippen LogP contribution in [0.3, 0.4) is 0 Å². The number of halogens is 3. The van der Waals surface area contributed by atoms with Gasteiger partial charge in [0.15, 0.2) is 0 Å². The fraction of sp³-hybridized carbons (Fsp3) is 0.333. The maximum absolute atomic E-state index is 12.5. The van der Waals surface area contributed by atoms with Crippen LogP contribution in [0.15, 0.2) is 54.6 Å². The molecule has 0 aliphatic carbocycles. The van der Waals surface area contributed by atoms with Gasteiger partial charge in [-0.1, -0.05) is 24.3 Å². The minimum Gasteiger partial charge on any atom is -0.457 e. The van der Waals surface area contributed by atoms with Gasteiger partial charge >= 0.3 is 12.1 Å². The van der Waals surface area contributed by atoms with Crippen molar-refractivity contribution in [3.8, 4) is 11.5 Å². The van der Waals surface area contributed by atoms with E-state index in [-0.39, 0.29) is 24.9 Å². The van der Waals surface area contributed by atoms with Gasteiger partial charge in [0.1, 0.15) is 11.5 Å². The molecule has 0 saturated carbocycles. The molecule has 3 rings (SSSR count). The maximum atomic E-state index is 12.5. The van der Waals surface area contributed by atoms with Crippen LogP contribution >= 0.6 is 0 Å². The molecule has 5 nitrogen and oxygen atoms in total. The predicted octanol–water partition coefficient (Wildman–Crippen LogP) is 4.01. The second kappa shape index (κ2) is 8.98. The number of amides is 2. The molecule has 0 bridgehead atoms. The lowest BCUT2D eigenvalue weighted by molar-refractivity contribution is -0.186. The van der Waals surface area contributed by atoms with E-state index in [0.717, 1.165) is 4.90 Å². The van der Waals surface area contributed by atoms with E-state index in [2.05, 4.69) is 5.32 Å². The third kappa shape index (κ3) is 5.73. The summed E-state index contributed by atoms with van der Waals surface area (Å²) >= 11 is 0. The molecule has 29 heavy (non-hydrogen) atoms. The summed E-state index contributed by atoms with van der Waals surface area (Å²) in [6, 6.07) is 15.9. The summed E-state index contributed by atoms with van der Waals surface area (Å²) < 4.78 is 43.2. The monoisotopic (exact) mass is 406 g/mol. The Morgan fingerprint density at radius 3 is 2.31 bits per heavy atom. The van der Waals surface area contributed by atoms with Gasteiger partial charge in [0, 0.05) is 25.2 Å². The van der Waals surface area contributed by atoms with Crippen molar-refractivity contribution < 1.29 is 27.5 Å². The number of hydrogen-bond acceptors (Lipinski definition) is 3. The molecular formula is C21H21F3N2O3. The molecule has 2 aromatic carbocycles. The standard InChI is InChI=1S/C21H21F3N2O3/c22-21(23,24)20(28)26-11-9-15(10-12-26)14-25-19(27)16-5-4-8-18(13-16)29-17-6-2-1-3-7-17/h1-8,13,15H,9-12,14H2,(H,25,27). The van der Waals surface area contributed by atoms with E-state index in [0.29, 0.717) is 36.4 Å². The fourth-order valence-corrected chi connectivity index (χ4v) is 3.18. The summed E-state index contributed by atoms with van der Waals surface area (Å²) in [4.78, 5) is 24.5. The molecule has 1 aliphatic heterocycles. The summed E-state index contributed by atoms with van der Waals surface area (Å²) in [7, 11) is 0. The number of para-hydroxylation sites is 1. The predicted molar refractivity (Wildman–Crippen MR) is 101 cm³/mol. The van der Waals surface area contributed by atoms with E-state index < -0.39 is 12.1 Å². The Bertz CT molecular complexity index is 848. The number of likely N-dealkylation sites (tertiary alicyclic amines) is 1. The summed E-state index contributed by atoms with van der Waals surface area (Å²) in [6.45, 7) is 0.426. The van der Waals surface area contributed by atoms with Gasteiger partial charge in [0.05, 0.1) is 0 Å². The van der Waals surface area contributed by atoms with Crippen LogP contribution in [0.4, 0.5) is 13.2 Å². The van der Waals surface area contributed by atoms with Crippen molar-refractivity contribution in [3.63, 3.8) is 0 Å². The van der Waals surface area contributed by atoms with Crippen LogP contribution in [0.25, 0.3) is 0 Å². The third-order valence-electron chi connectivity index (χ3n) is 4.77. The lowest BCUT2D eigenvalue weighted by Gasteiger charge is -2.32. The molecular weight excluding hydrogens is 385 g/mol. The number of ether oxygens (including phenoxy) is 1. The zero-order valence-corrected chi connectivity index (χ0v) is 15.6. The Morgan fingerprint density at radius 1 is 1.00 bits per heavy atom. The zero-order valence-electron chi connectivity index (χ0n) is 15.6. The molecule has 0 atom stereocenters. The minimum atomic E-state index is -4.84. The first-order valence-electron chi connectivity index (χ1n) is 9.30. The fourth-order valence-electron chi connectivity index (χ4n) is 3.18. The maximum Gasteiger partial charge on any atom is 0.471 e. The van der Waals surface area contributed by atoms with Crippen LogP contribution < -0.4 is 10.1 Å². The second-order valence-corrected chi connectivity index (χ2v) is 6.89. The number of benzene rings is 2. The highest BCUT2D eigenvalue weighted by Gasteiger charge is 2.43. The van der Waals surface area contributed by atoms with E-state index in [1.807, 2.05) is 30.3 Å². The van der Waals surface area contributed by atoms with Crippen molar-refractivity contribution >= 4 is 11.8 Å². The number of rotatable bonds is 5. The highest BCUT2D eigenvalue weighted by atomic mass is 19.4. The van der Waals surface area contributed by atoms with Crippen LogP contribution in [0.2, 0.25) is 0 Å². The van der Waals surface area contributed by atoms with Gasteiger partial charge in [-0.15, -0.1) is 0 Å². The van der Waals surface area contributed by atoms with Gasteiger partial charge < -0.3 is 15.0 Å². The van der Waals surface area contributed by atoms with Crippen LogP contribution in [0.1, 0.15) is 23.2 Å². The smallest absolute Gasteiger partial charge is 0.457 e. The van der Waals surface area contributed by atoms with Gasteiger partial charge in [0.25, 0.3) is 5.91 Å². The molecule has 1 heterocycles. The summed E-state index contributed by atoms with van der Waals surface area (Å²) in [5.41, 5.74) is 0.433. The molecule has 0 unspecified atom stereocenters. The number of hydrogen-bond donors (Lipinski definition) is 1. The number of nitrogens with one attached hydrogen (secondary N) is 1. The molecule has 8 heteroatoms. The quantitative estimate of drug-likeness (QED) is 0.816. The highest BCUT2D eigenvalue weighted by molar-refractivity contribution is 5.94. The van der Waals surface area contributed by atoms with E-state index >= 15 is 0 Å². The molecule has 0 radical (unpaired) electrons. The van der Waals surface area contributed by atoms with Gasteiger partial charge in [0.2, 0.25) is 0 Å². The summed E-state index contributed by atoms with van der Waals surface area (Å²) in [5.74, 6) is -0.861. The van der Waals surface area contributed by atoms with Gasteiger partial charge in [-0.2, -0.15) is 13.2 Å². The van der Waals surface area contributed by atoms with Crippen molar-refractivity contribution in [2.24, 2.45) is 5.92 Å². The molecule has 1 aliphatic rings. The Hall–Kier alpha value is -3.03. The van der Waals surface area contributed by atoms with Gasteiger partial charge in [-0.3, -0.25) is 9.59 Å². The number of nitrogens with zero attached hydrogens (tertiary/aromatic N) is 1. The Labute approximate surface area is 166 Å². The third-order valence-corrected chi connectivity index (χ3v) is 4.77. The number of carbonyl (C=O) groups is 2. The normalized spacial score (nSPS) is 15.1. The van der Waals surface area contributed by atoms with Crippen LogP contribution in [0, 0.1) is 5.92 Å². The van der Waals surface area contributed by atoms with E-state index in [1.165, 1.54) is 0 Å². The lowest BCUT2D eigenvalue weighted by Crippen LogP contribution is -2.46. The Kier molecular flexibility index (Phi) is 6.41. The van der Waals surface area contributed by atoms with Crippen molar-refractivity contribution in [1.29, 1.82) is 0 Å². The first kappa shape index (κ1) is 20.7. The van der Waals surface area contributed by atoms with Gasteiger partial charge in [-0.25, -0.2) is 0 Å². The molecule has 1 N–H and O–H groups in total. The second-order valence-electron chi connectivity index (χ2n) is 6.89. The van der Waals surface area contributed by atoms with E-state index in [1.54, 1.807) is 24.3 Å². The molecule has 2 amide bonds. The summed E-state index contributed by atoms with van der Waals surface area (Å²) in [6.07, 6.45) is -4.01. The Morgan fingerprint density at radius 2 is 1.66 bits per heavy atom. The van der Waals surface area contributed by atoms with Crippen LogP contribution in [-0.2, 0) is 4.79 Å². The van der Waals surface area contributed by atoms with Crippen molar-refractivity contribution in [2.75, 3.05) is 19.6 Å². The largest absolute Gasteiger partial charge is 0.471 e. The Balaban J connectivity index is 1.49. The van der Waals surface area contributed by atoms with Crippen molar-refractivity contribution in [2.45, 2.75) is 19.0 Å². The number of carbonyl (C=O) groups excluding carboxylic acids is 2. The molecule has 0 spiro atoms. The topological polar surface area (TPSA) is 58.6 Å². The number of alkyl halides is 3. The van der Waals surface area contributed by atoms with E-state index in [4.69, 9.17) is 4.74 Å². The lowest BCUT2D eigenvalue weighted by atomic mass is 9.96. The highest BCUT2D eigenvalue weighted by Crippen LogP contribution is 2.24. The molecule has 1 fully saturated rings. The first-order chi connectivity index (χ1) is 13.8. The summed E-state index contributed by atoms with van der Waals surface area (Å²) in [5, 5.41) is 2.81.